The van der Waals surface area contributed by atoms with Crippen LogP contribution in [0.3, 0.4) is 0 Å². The van der Waals surface area contributed by atoms with E-state index in [0.29, 0.717) is 16.8 Å². The minimum atomic E-state index is -0.242. The molecule has 1 amide bonds. The van der Waals surface area contributed by atoms with Gasteiger partial charge in [0.25, 0.3) is 11.9 Å². The summed E-state index contributed by atoms with van der Waals surface area (Å²) >= 11 is 0. The Morgan fingerprint density at radius 3 is 2.55 bits per heavy atom. The Morgan fingerprint density at radius 1 is 1.16 bits per heavy atom. The first kappa shape index (κ1) is 25.7. The van der Waals surface area contributed by atoms with Gasteiger partial charge in [-0.2, -0.15) is 14.7 Å². The van der Waals surface area contributed by atoms with Gasteiger partial charge in [0.15, 0.2) is 5.49 Å². The molecule has 1 saturated heterocycles. The number of pyridine rings is 1. The van der Waals surface area contributed by atoms with Gasteiger partial charge in [0, 0.05) is 57.9 Å². The summed E-state index contributed by atoms with van der Waals surface area (Å²) in [6.07, 6.45) is 7.55. The number of hydrogen-bond acceptors (Lipinski definition) is 9. The van der Waals surface area contributed by atoms with Crippen LogP contribution in [-0.2, 0) is 9.53 Å². The van der Waals surface area contributed by atoms with Gasteiger partial charge in [0.1, 0.15) is 11.3 Å². The first-order valence-electron chi connectivity index (χ1n) is 12.9. The van der Waals surface area contributed by atoms with E-state index in [1.165, 1.54) is 7.11 Å². The van der Waals surface area contributed by atoms with Crippen molar-refractivity contribution in [2.24, 2.45) is 4.99 Å². The maximum Gasteiger partial charge on any atom is 0.319 e. The van der Waals surface area contributed by atoms with Crippen LogP contribution in [0, 0.1) is 0 Å². The normalized spacial score (nSPS) is 17.3. The van der Waals surface area contributed by atoms with E-state index in [1.807, 2.05) is 21.6 Å². The minimum absolute atomic E-state index is 0.0664. The van der Waals surface area contributed by atoms with Crippen molar-refractivity contribution in [3.63, 3.8) is 0 Å². The van der Waals surface area contributed by atoms with E-state index in [9.17, 15) is 14.8 Å². The van der Waals surface area contributed by atoms with Crippen molar-refractivity contribution in [2.75, 3.05) is 58.8 Å². The van der Waals surface area contributed by atoms with Crippen LogP contribution in [0.5, 0.6) is 0 Å². The molecule has 2 aliphatic rings. The highest BCUT2D eigenvalue weighted by molar-refractivity contribution is 5.97. The molecule has 38 heavy (non-hydrogen) atoms. The summed E-state index contributed by atoms with van der Waals surface area (Å²) in [5, 5.41) is 11.5. The van der Waals surface area contributed by atoms with Gasteiger partial charge < -0.3 is 24.3 Å². The Balaban J connectivity index is 1.41. The summed E-state index contributed by atoms with van der Waals surface area (Å²) in [4.78, 5) is 43.8. The fourth-order valence-corrected chi connectivity index (χ4v) is 5.24. The number of anilines is 1. The monoisotopic (exact) mass is 522 g/mol. The molecule has 202 valence electrons. The first-order chi connectivity index (χ1) is 18.3. The van der Waals surface area contributed by atoms with Crippen molar-refractivity contribution in [1.29, 1.82) is 0 Å². The van der Waals surface area contributed by atoms with Crippen molar-refractivity contribution in [2.45, 2.75) is 31.7 Å². The summed E-state index contributed by atoms with van der Waals surface area (Å²) in [7, 11) is 4.89. The van der Waals surface area contributed by atoms with E-state index in [4.69, 9.17) is 9.72 Å². The van der Waals surface area contributed by atoms with Crippen LogP contribution in [0.4, 0.5) is 11.6 Å². The molecular formula is C26H34N8O4. The fourth-order valence-electron chi connectivity index (χ4n) is 5.24. The van der Waals surface area contributed by atoms with Gasteiger partial charge in [-0.05, 0) is 31.0 Å². The third-order valence-electron chi connectivity index (χ3n) is 7.30. The van der Waals surface area contributed by atoms with E-state index < -0.39 is 0 Å². The molecule has 2 fully saturated rings. The van der Waals surface area contributed by atoms with Crippen molar-refractivity contribution in [1.82, 2.24) is 29.1 Å². The number of carbonyl (C=O) groups excluding carboxylic acids is 2. The number of rotatable bonds is 6. The summed E-state index contributed by atoms with van der Waals surface area (Å²) in [6, 6.07) is 5.69. The lowest BCUT2D eigenvalue weighted by Gasteiger charge is -2.35. The molecule has 3 aromatic heterocycles. The topological polar surface area (TPSA) is 121 Å². The van der Waals surface area contributed by atoms with Gasteiger partial charge >= 0.3 is 5.97 Å². The molecule has 5 rings (SSSR count). The molecule has 1 N–H and O–H groups in total. The molecule has 0 bridgehead atoms. The molecule has 0 spiro atoms. The smallest absolute Gasteiger partial charge is 0.319 e. The Hall–Kier alpha value is -3.93. The summed E-state index contributed by atoms with van der Waals surface area (Å²) in [5.41, 5.74) is 2.43. The number of methoxy groups -OCH3 is 1. The predicted octanol–water partition coefficient (Wildman–Crippen LogP) is 1.81. The van der Waals surface area contributed by atoms with Crippen LogP contribution in [0.25, 0.3) is 11.0 Å². The van der Waals surface area contributed by atoms with E-state index in [0.717, 1.165) is 67.7 Å². The lowest BCUT2D eigenvalue weighted by Crippen LogP contribution is -2.48. The fraction of sp³-hybridized carbons (Fsp3) is 0.500. The average molecular weight is 523 g/mol. The average Bonchev–Trinajstić information content (AvgIpc) is 3.57. The van der Waals surface area contributed by atoms with Crippen LogP contribution in [0.15, 0.2) is 35.6 Å². The van der Waals surface area contributed by atoms with Gasteiger partial charge in [0.2, 0.25) is 0 Å². The third-order valence-corrected chi connectivity index (χ3v) is 7.30. The molecule has 12 heteroatoms. The summed E-state index contributed by atoms with van der Waals surface area (Å²) in [5.74, 6) is -0.0944. The second-order valence-corrected chi connectivity index (χ2v) is 10.0. The van der Waals surface area contributed by atoms with Crippen LogP contribution < -0.4 is 10.4 Å². The van der Waals surface area contributed by atoms with Crippen molar-refractivity contribution in [3.05, 3.63) is 41.8 Å². The molecule has 1 aliphatic heterocycles. The molecule has 4 heterocycles. The molecule has 0 aromatic carbocycles. The second kappa shape index (κ2) is 10.8. The number of piperazine rings is 1. The molecule has 1 saturated carbocycles. The molecule has 12 nitrogen and oxygen atoms in total. The molecule has 0 radical (unpaired) electrons. The number of carbonyl (C=O) groups is 2. The maximum absolute atomic E-state index is 12.9. The Labute approximate surface area is 220 Å². The predicted molar refractivity (Wildman–Crippen MR) is 141 cm³/mol. The maximum atomic E-state index is 12.9. The van der Waals surface area contributed by atoms with Crippen LogP contribution in [-0.4, -0.2) is 100 Å². The summed E-state index contributed by atoms with van der Waals surface area (Å²) < 4.78 is 7.77. The van der Waals surface area contributed by atoms with Gasteiger partial charge in [-0.3, -0.25) is 14.5 Å². The third kappa shape index (κ3) is 5.21. The van der Waals surface area contributed by atoms with Crippen molar-refractivity contribution >= 4 is 34.5 Å². The van der Waals surface area contributed by atoms with Gasteiger partial charge in [0.05, 0.1) is 25.5 Å². The quantitative estimate of drug-likeness (QED) is 0.384. The highest BCUT2D eigenvalue weighted by Gasteiger charge is 2.26. The molecule has 0 atom stereocenters. The summed E-state index contributed by atoms with van der Waals surface area (Å²) in [6.45, 7) is 3.17. The number of hydrogen-bond donors (Lipinski definition) is 1. The van der Waals surface area contributed by atoms with Crippen molar-refractivity contribution < 1.29 is 19.5 Å². The van der Waals surface area contributed by atoms with Crippen LogP contribution >= 0.6 is 0 Å². The van der Waals surface area contributed by atoms with Gasteiger partial charge in [-0.15, -0.1) is 0 Å². The largest absolute Gasteiger partial charge is 0.468 e. The van der Waals surface area contributed by atoms with Crippen LogP contribution in [0.1, 0.15) is 42.2 Å². The Kier molecular flexibility index (Phi) is 7.32. The van der Waals surface area contributed by atoms with E-state index in [-0.39, 0.29) is 30.4 Å². The van der Waals surface area contributed by atoms with E-state index >= 15 is 0 Å². The number of amides is 1. The highest BCUT2D eigenvalue weighted by Crippen LogP contribution is 2.34. The number of fused-ring (bicyclic) bond motifs is 1. The molecule has 0 unspecified atom stereocenters. The Bertz CT molecular complexity index is 1400. The van der Waals surface area contributed by atoms with E-state index in [1.54, 1.807) is 37.5 Å². The number of nitrogens with zero attached hydrogens (tertiary/aromatic N) is 8. The number of ether oxygens (including phenoxy) is 1. The minimum Gasteiger partial charge on any atom is -0.468 e. The number of esters is 1. The SMILES string of the molecule is COC(=O)CN1CCN(c2cc/c(=N/c3ncc4cc(C(=O)N(C)C)n(C5CCCC5)c4n3)n(O)c2)CC1. The van der Waals surface area contributed by atoms with Gasteiger partial charge in [-0.1, -0.05) is 12.8 Å². The standard InChI is InChI=1S/C26H34N8O4/c1-30(2)25(36)21-14-18-15-27-26(29-24(18)34(21)19-6-4-5-7-19)28-22-9-8-20(16-33(22)37)32-12-10-31(11-13-32)17-23(35)38-3/h8-9,14-16,19,37H,4-7,10-13,17H2,1-3H3/b28-22-. The zero-order chi connectivity index (χ0) is 26.8. The molecule has 3 aromatic rings. The van der Waals surface area contributed by atoms with Crippen LogP contribution in [0.2, 0.25) is 0 Å². The first-order valence-corrected chi connectivity index (χ1v) is 12.9. The molecule has 1 aliphatic carbocycles. The lowest BCUT2D eigenvalue weighted by molar-refractivity contribution is -0.142. The lowest BCUT2D eigenvalue weighted by atomic mass is 10.2. The Morgan fingerprint density at radius 2 is 1.89 bits per heavy atom. The number of aromatic nitrogens is 4. The van der Waals surface area contributed by atoms with Gasteiger partial charge in [-0.25, -0.2) is 4.98 Å². The van der Waals surface area contributed by atoms with E-state index in [2.05, 4.69) is 14.9 Å². The highest BCUT2D eigenvalue weighted by atomic mass is 16.5. The van der Waals surface area contributed by atoms with Crippen molar-refractivity contribution in [3.8, 4) is 0 Å². The zero-order valence-corrected chi connectivity index (χ0v) is 22.1. The second-order valence-electron chi connectivity index (χ2n) is 10.0. The molecular weight excluding hydrogens is 488 g/mol. The zero-order valence-electron chi connectivity index (χ0n) is 22.1.